The van der Waals surface area contributed by atoms with Gasteiger partial charge in [-0.25, -0.2) is 9.78 Å². The monoisotopic (exact) mass is 219 g/mol. The molecule has 0 saturated heterocycles. The van der Waals surface area contributed by atoms with Gasteiger partial charge in [-0.2, -0.15) is 0 Å². The van der Waals surface area contributed by atoms with Crippen LogP contribution in [0, 0.1) is 0 Å². The summed E-state index contributed by atoms with van der Waals surface area (Å²) >= 11 is 0. The zero-order chi connectivity index (χ0) is 11.9. The van der Waals surface area contributed by atoms with Crippen molar-refractivity contribution in [1.82, 2.24) is 0 Å². The van der Waals surface area contributed by atoms with Crippen LogP contribution >= 0.6 is 0 Å². The average Bonchev–Trinajstić information content (AvgIpc) is 2.08. The molecule has 0 heterocycles. The normalized spacial score (nSPS) is 13.9. The van der Waals surface area contributed by atoms with Crippen molar-refractivity contribution in [3.05, 3.63) is 0 Å². The van der Waals surface area contributed by atoms with E-state index in [4.69, 9.17) is 14.9 Å². The zero-order valence-corrected chi connectivity index (χ0v) is 9.49. The largest absolute Gasteiger partial charge is 0.547 e. The average molecular weight is 219 g/mol. The first-order chi connectivity index (χ1) is 6.87. The van der Waals surface area contributed by atoms with Crippen LogP contribution in [0.15, 0.2) is 0 Å². The van der Waals surface area contributed by atoms with Gasteiger partial charge in [0.25, 0.3) is 0 Å². The van der Waals surface area contributed by atoms with Crippen LogP contribution in [0.1, 0.15) is 40.0 Å². The summed E-state index contributed by atoms with van der Waals surface area (Å²) in [6.07, 6.45) is 0.306. The minimum Gasteiger partial charge on any atom is -0.547 e. The molecule has 0 rings (SSSR count). The summed E-state index contributed by atoms with van der Waals surface area (Å²) in [5, 5.41) is 19.2. The Bertz CT molecular complexity index is 185. The number of carbonyl (C=O) groups is 1. The molecule has 0 aliphatic rings. The lowest BCUT2D eigenvalue weighted by Crippen LogP contribution is -2.39. The van der Waals surface area contributed by atoms with Crippen molar-refractivity contribution in [1.29, 1.82) is 0 Å². The molecule has 0 aromatic rings. The van der Waals surface area contributed by atoms with E-state index in [0.29, 0.717) is 12.8 Å². The molecule has 90 valence electrons. The molecular formula is C10H19O5-. The first-order valence-corrected chi connectivity index (χ1v) is 5.03. The lowest BCUT2D eigenvalue weighted by molar-refractivity contribution is -0.392. The molecule has 1 unspecified atom stereocenters. The van der Waals surface area contributed by atoms with Crippen molar-refractivity contribution in [2.24, 2.45) is 0 Å². The van der Waals surface area contributed by atoms with Crippen molar-refractivity contribution in [2.75, 3.05) is 6.61 Å². The molecule has 0 fully saturated rings. The fourth-order valence-electron chi connectivity index (χ4n) is 0.849. The molecule has 0 saturated carbocycles. The van der Waals surface area contributed by atoms with Crippen LogP contribution in [-0.4, -0.2) is 29.4 Å². The summed E-state index contributed by atoms with van der Waals surface area (Å²) < 4.78 is 0. The Labute approximate surface area is 89.9 Å². The fraction of sp³-hybridized carbons (Fsp3) is 0.900. The Balaban J connectivity index is 3.89. The van der Waals surface area contributed by atoms with Crippen molar-refractivity contribution >= 4 is 5.97 Å². The summed E-state index contributed by atoms with van der Waals surface area (Å²) in [6.45, 7) is 5.31. The maximum absolute atomic E-state index is 10.6. The Morgan fingerprint density at radius 2 is 2.00 bits per heavy atom. The van der Waals surface area contributed by atoms with E-state index in [1.54, 1.807) is 20.8 Å². The smallest absolute Gasteiger partial charge is 0.132 e. The topological polar surface area (TPSA) is 78.8 Å². The molecule has 0 bridgehead atoms. The van der Waals surface area contributed by atoms with Gasteiger partial charge in [-0.05, 0) is 40.0 Å². The predicted octanol–water partition coefficient (Wildman–Crippen LogP) is 0.0142. The highest BCUT2D eigenvalue weighted by Crippen LogP contribution is 2.12. The van der Waals surface area contributed by atoms with Crippen LogP contribution < -0.4 is 5.11 Å². The number of aliphatic hydroxyl groups excluding tert-OH is 1. The van der Waals surface area contributed by atoms with Crippen molar-refractivity contribution in [2.45, 2.75) is 51.7 Å². The number of aliphatic hydroxyl groups is 1. The summed E-state index contributed by atoms with van der Waals surface area (Å²) in [6, 6.07) is 0. The van der Waals surface area contributed by atoms with E-state index < -0.39 is 17.7 Å². The number of hydrogen-bond acceptors (Lipinski definition) is 5. The number of unbranched alkanes of at least 4 members (excludes halogenated alkanes) is 1. The third kappa shape index (κ3) is 8.35. The maximum atomic E-state index is 10.6. The number of carbonyl (C=O) groups excluding carboxylic acids is 1. The minimum absolute atomic E-state index is 0.0416. The van der Waals surface area contributed by atoms with Crippen LogP contribution in [0.2, 0.25) is 0 Å². The molecule has 0 aliphatic heterocycles. The summed E-state index contributed by atoms with van der Waals surface area (Å²) in [4.78, 5) is 20.3. The SMILES string of the molecule is CC(C)(C)OOC(CCCCO)C(=O)[O-]. The Hall–Kier alpha value is -0.650. The quantitative estimate of drug-likeness (QED) is 0.371. The molecule has 0 radical (unpaired) electrons. The maximum Gasteiger partial charge on any atom is 0.132 e. The van der Waals surface area contributed by atoms with Gasteiger partial charge in [0.1, 0.15) is 6.10 Å². The number of carboxylic acids is 1. The third-order valence-corrected chi connectivity index (χ3v) is 1.55. The number of aliphatic carboxylic acids is 1. The van der Waals surface area contributed by atoms with E-state index in [-0.39, 0.29) is 13.0 Å². The van der Waals surface area contributed by atoms with Gasteiger partial charge >= 0.3 is 0 Å². The van der Waals surface area contributed by atoms with Crippen LogP contribution in [0.25, 0.3) is 0 Å². The summed E-state index contributed by atoms with van der Waals surface area (Å²) in [5.74, 6) is -1.29. The number of hydrogen-bond donors (Lipinski definition) is 1. The minimum atomic E-state index is -1.29. The van der Waals surface area contributed by atoms with Crippen LogP contribution in [-0.2, 0) is 14.6 Å². The second kappa shape index (κ2) is 6.76. The van der Waals surface area contributed by atoms with Gasteiger partial charge in [0.2, 0.25) is 0 Å². The first-order valence-electron chi connectivity index (χ1n) is 5.03. The predicted molar refractivity (Wildman–Crippen MR) is 51.7 cm³/mol. The lowest BCUT2D eigenvalue weighted by atomic mass is 10.1. The van der Waals surface area contributed by atoms with Gasteiger partial charge in [0.15, 0.2) is 0 Å². The van der Waals surface area contributed by atoms with E-state index in [0.717, 1.165) is 0 Å². The van der Waals surface area contributed by atoms with Gasteiger partial charge in [-0.3, -0.25) is 0 Å². The van der Waals surface area contributed by atoms with E-state index in [1.807, 2.05) is 0 Å². The Kier molecular flexibility index (Phi) is 6.47. The van der Waals surface area contributed by atoms with Gasteiger partial charge in [-0.15, -0.1) is 0 Å². The van der Waals surface area contributed by atoms with Gasteiger partial charge in [-0.1, -0.05) is 0 Å². The molecule has 1 N–H and O–H groups in total. The molecule has 5 heteroatoms. The standard InChI is InChI=1S/C10H20O5/c1-10(2,3)15-14-8(9(12)13)6-4-5-7-11/h8,11H,4-7H2,1-3H3,(H,12,13)/p-1. The Morgan fingerprint density at radius 1 is 1.40 bits per heavy atom. The molecular weight excluding hydrogens is 200 g/mol. The molecule has 1 atom stereocenters. The highest BCUT2D eigenvalue weighted by Gasteiger charge is 2.17. The van der Waals surface area contributed by atoms with E-state index in [9.17, 15) is 9.90 Å². The Morgan fingerprint density at radius 3 is 2.40 bits per heavy atom. The molecule has 0 aromatic carbocycles. The van der Waals surface area contributed by atoms with Gasteiger partial charge in [0, 0.05) is 6.61 Å². The van der Waals surface area contributed by atoms with Crippen LogP contribution in [0.3, 0.4) is 0 Å². The highest BCUT2D eigenvalue weighted by molar-refractivity contribution is 5.69. The van der Waals surface area contributed by atoms with Crippen LogP contribution in [0.4, 0.5) is 0 Å². The van der Waals surface area contributed by atoms with E-state index >= 15 is 0 Å². The molecule has 15 heavy (non-hydrogen) atoms. The molecule has 0 amide bonds. The van der Waals surface area contributed by atoms with Crippen molar-refractivity contribution in [3.63, 3.8) is 0 Å². The first kappa shape index (κ1) is 14.3. The van der Waals surface area contributed by atoms with E-state index in [1.165, 1.54) is 0 Å². The fourth-order valence-corrected chi connectivity index (χ4v) is 0.849. The molecule has 0 aliphatic carbocycles. The molecule has 0 aromatic heterocycles. The second-order valence-electron chi connectivity index (χ2n) is 4.32. The van der Waals surface area contributed by atoms with Crippen molar-refractivity contribution < 1.29 is 24.8 Å². The number of carboxylic acid groups (broad SMARTS) is 1. The van der Waals surface area contributed by atoms with Gasteiger partial charge in [0.05, 0.1) is 11.6 Å². The third-order valence-electron chi connectivity index (χ3n) is 1.55. The lowest BCUT2D eigenvalue weighted by Gasteiger charge is -2.23. The second-order valence-corrected chi connectivity index (χ2v) is 4.32. The molecule has 5 nitrogen and oxygen atoms in total. The number of rotatable bonds is 7. The van der Waals surface area contributed by atoms with Gasteiger partial charge < -0.3 is 15.0 Å². The molecule has 0 spiro atoms. The van der Waals surface area contributed by atoms with E-state index in [2.05, 4.69) is 0 Å². The summed E-state index contributed by atoms with van der Waals surface area (Å²) in [5.41, 5.74) is -0.551. The highest BCUT2D eigenvalue weighted by atomic mass is 17.2. The zero-order valence-electron chi connectivity index (χ0n) is 9.49. The van der Waals surface area contributed by atoms with Crippen LogP contribution in [0.5, 0.6) is 0 Å². The van der Waals surface area contributed by atoms with Crippen molar-refractivity contribution in [3.8, 4) is 0 Å². The summed E-state index contributed by atoms with van der Waals surface area (Å²) in [7, 11) is 0.